The molecule has 0 aromatic heterocycles. The lowest BCUT2D eigenvalue weighted by molar-refractivity contribution is -0.141. The minimum atomic E-state index is -0.416. The molecule has 3 aliphatic rings. The molecule has 1 saturated carbocycles. The molecule has 0 N–H and O–H groups in total. The Kier molecular flexibility index (Phi) is 4.23. The summed E-state index contributed by atoms with van der Waals surface area (Å²) in [5, 5.41) is 0. The molecule has 1 unspecified atom stereocenters. The highest BCUT2D eigenvalue weighted by Crippen LogP contribution is 2.35. The van der Waals surface area contributed by atoms with Crippen LogP contribution in [0, 0.1) is 11.7 Å². The van der Waals surface area contributed by atoms with Crippen LogP contribution in [0.5, 0.6) is 0 Å². The van der Waals surface area contributed by atoms with Gasteiger partial charge in [0.15, 0.2) is 0 Å². The van der Waals surface area contributed by atoms with E-state index in [2.05, 4.69) is 0 Å². The first-order valence-electron chi connectivity index (χ1n) is 9.05. The van der Waals surface area contributed by atoms with Crippen LogP contribution in [-0.4, -0.2) is 48.6 Å². The molecule has 2 saturated heterocycles. The molecule has 134 valence electrons. The smallest absolute Gasteiger partial charge is 0.253 e. The fourth-order valence-electron chi connectivity index (χ4n) is 3.85. The van der Waals surface area contributed by atoms with Crippen molar-refractivity contribution in [2.45, 2.75) is 37.7 Å². The zero-order valence-electron chi connectivity index (χ0n) is 14.2. The monoisotopic (exact) mass is 346 g/mol. The molecule has 0 bridgehead atoms. The average molecular weight is 346 g/mol. The molecular formula is C19H23FN2O3. The number of halogens is 1. The second-order valence-corrected chi connectivity index (χ2v) is 7.38. The van der Waals surface area contributed by atoms with Crippen LogP contribution in [0.2, 0.25) is 0 Å². The van der Waals surface area contributed by atoms with Crippen molar-refractivity contribution in [2.75, 3.05) is 31.1 Å². The molecule has 5 nitrogen and oxygen atoms in total. The number of amides is 2. The number of likely N-dealkylation sites (tertiary alicyclic amines) is 1. The van der Waals surface area contributed by atoms with E-state index >= 15 is 0 Å². The number of hydrogen-bond donors (Lipinski definition) is 0. The van der Waals surface area contributed by atoms with Gasteiger partial charge in [-0.05, 0) is 56.4 Å². The second-order valence-electron chi connectivity index (χ2n) is 7.38. The molecule has 2 aliphatic heterocycles. The Hall–Kier alpha value is -1.95. The highest BCUT2D eigenvalue weighted by molar-refractivity contribution is 5.95. The van der Waals surface area contributed by atoms with Crippen LogP contribution < -0.4 is 4.90 Å². The van der Waals surface area contributed by atoms with E-state index in [-0.39, 0.29) is 30.2 Å². The summed E-state index contributed by atoms with van der Waals surface area (Å²) in [4.78, 5) is 28.3. The van der Waals surface area contributed by atoms with Gasteiger partial charge in [-0.15, -0.1) is 0 Å². The summed E-state index contributed by atoms with van der Waals surface area (Å²) in [6.07, 6.45) is 4.47. The molecule has 1 aromatic carbocycles. The average Bonchev–Trinajstić information content (AvgIpc) is 3.46. The SMILES string of the molecule is O=C(C1CC1)N1CCCC2(CC1)CN(c1ccc(F)cc1)C(=O)CO2. The van der Waals surface area contributed by atoms with E-state index in [1.54, 1.807) is 17.0 Å². The summed E-state index contributed by atoms with van der Waals surface area (Å²) in [5.41, 5.74) is 0.283. The zero-order chi connectivity index (χ0) is 17.4. The van der Waals surface area contributed by atoms with Crippen LogP contribution in [0.15, 0.2) is 24.3 Å². The Morgan fingerprint density at radius 3 is 2.64 bits per heavy atom. The molecule has 1 atom stereocenters. The highest BCUT2D eigenvalue weighted by atomic mass is 19.1. The van der Waals surface area contributed by atoms with Gasteiger partial charge in [0.1, 0.15) is 12.4 Å². The van der Waals surface area contributed by atoms with Crippen LogP contribution in [0.1, 0.15) is 32.1 Å². The van der Waals surface area contributed by atoms with Gasteiger partial charge >= 0.3 is 0 Å². The van der Waals surface area contributed by atoms with Gasteiger partial charge in [-0.1, -0.05) is 0 Å². The number of hydrogen-bond acceptors (Lipinski definition) is 3. The van der Waals surface area contributed by atoms with Crippen molar-refractivity contribution >= 4 is 17.5 Å². The molecule has 6 heteroatoms. The number of morpholine rings is 1. The molecule has 2 amide bonds. The molecule has 1 aliphatic carbocycles. The van der Waals surface area contributed by atoms with Crippen molar-refractivity contribution in [2.24, 2.45) is 5.92 Å². The Bertz CT molecular complexity index is 674. The van der Waals surface area contributed by atoms with Gasteiger partial charge in [-0.25, -0.2) is 4.39 Å². The summed E-state index contributed by atoms with van der Waals surface area (Å²) in [6.45, 7) is 1.95. The second kappa shape index (κ2) is 6.41. The first-order valence-corrected chi connectivity index (χ1v) is 9.05. The lowest BCUT2D eigenvalue weighted by Crippen LogP contribution is -2.55. The third-order valence-corrected chi connectivity index (χ3v) is 5.52. The molecule has 1 spiro atoms. The van der Waals surface area contributed by atoms with E-state index in [1.807, 2.05) is 4.90 Å². The minimum Gasteiger partial charge on any atom is -0.363 e. The number of anilines is 1. The zero-order valence-corrected chi connectivity index (χ0v) is 14.2. The van der Waals surface area contributed by atoms with Crippen LogP contribution in [0.4, 0.5) is 10.1 Å². The quantitative estimate of drug-likeness (QED) is 0.826. The Morgan fingerprint density at radius 1 is 1.16 bits per heavy atom. The lowest BCUT2D eigenvalue weighted by Gasteiger charge is -2.42. The van der Waals surface area contributed by atoms with Gasteiger partial charge in [0.25, 0.3) is 5.91 Å². The Balaban J connectivity index is 1.48. The third kappa shape index (κ3) is 3.40. The maximum atomic E-state index is 13.2. The van der Waals surface area contributed by atoms with Crippen LogP contribution in [0.25, 0.3) is 0 Å². The normalized spacial score (nSPS) is 27.5. The van der Waals surface area contributed by atoms with Crippen molar-refractivity contribution in [1.82, 2.24) is 4.90 Å². The minimum absolute atomic E-state index is 0.0357. The van der Waals surface area contributed by atoms with E-state index in [9.17, 15) is 14.0 Å². The summed E-state index contributed by atoms with van der Waals surface area (Å²) in [6, 6.07) is 6.00. The number of carbonyl (C=O) groups excluding carboxylic acids is 2. The standard InChI is InChI=1S/C19H23FN2O3/c20-15-4-6-16(7-5-15)22-13-19(25-12-17(22)23)8-1-10-21(11-9-19)18(24)14-2-3-14/h4-7,14H,1-3,8-13H2. The summed E-state index contributed by atoms with van der Waals surface area (Å²) >= 11 is 0. The van der Waals surface area contributed by atoms with Gasteiger partial charge in [0.05, 0.1) is 12.1 Å². The molecule has 2 heterocycles. The number of carbonyl (C=O) groups is 2. The lowest BCUT2D eigenvalue weighted by atomic mass is 9.92. The number of benzene rings is 1. The number of ether oxygens (including phenoxy) is 1. The van der Waals surface area contributed by atoms with Crippen molar-refractivity contribution in [3.8, 4) is 0 Å². The van der Waals surface area contributed by atoms with Crippen molar-refractivity contribution < 1.29 is 18.7 Å². The number of nitrogens with zero attached hydrogens (tertiary/aromatic N) is 2. The predicted molar refractivity (Wildman–Crippen MR) is 90.6 cm³/mol. The maximum absolute atomic E-state index is 13.2. The van der Waals surface area contributed by atoms with Crippen LogP contribution in [0.3, 0.4) is 0 Å². The third-order valence-electron chi connectivity index (χ3n) is 5.52. The van der Waals surface area contributed by atoms with Gasteiger partial charge in [0.2, 0.25) is 5.91 Å². The summed E-state index contributed by atoms with van der Waals surface area (Å²) in [5.74, 6) is 0.0909. The molecule has 1 aromatic rings. The fraction of sp³-hybridized carbons (Fsp3) is 0.579. The van der Waals surface area contributed by atoms with E-state index in [1.165, 1.54) is 12.1 Å². The van der Waals surface area contributed by atoms with Crippen molar-refractivity contribution in [1.29, 1.82) is 0 Å². The topological polar surface area (TPSA) is 49.9 Å². The Morgan fingerprint density at radius 2 is 1.92 bits per heavy atom. The summed E-state index contributed by atoms with van der Waals surface area (Å²) in [7, 11) is 0. The maximum Gasteiger partial charge on any atom is 0.253 e. The first kappa shape index (κ1) is 16.5. The van der Waals surface area contributed by atoms with Crippen LogP contribution >= 0.6 is 0 Å². The highest BCUT2D eigenvalue weighted by Gasteiger charge is 2.43. The van der Waals surface area contributed by atoms with Gasteiger partial charge in [-0.3, -0.25) is 9.59 Å². The van der Waals surface area contributed by atoms with E-state index < -0.39 is 5.60 Å². The van der Waals surface area contributed by atoms with Gasteiger partial charge in [0, 0.05) is 24.7 Å². The van der Waals surface area contributed by atoms with Gasteiger partial charge in [-0.2, -0.15) is 0 Å². The summed E-state index contributed by atoms with van der Waals surface area (Å²) < 4.78 is 19.2. The molecule has 4 rings (SSSR count). The molecule has 25 heavy (non-hydrogen) atoms. The largest absolute Gasteiger partial charge is 0.363 e. The predicted octanol–water partition coefficient (Wildman–Crippen LogP) is 2.35. The van der Waals surface area contributed by atoms with Crippen molar-refractivity contribution in [3.05, 3.63) is 30.1 Å². The Labute approximate surface area is 146 Å². The van der Waals surface area contributed by atoms with Crippen molar-refractivity contribution in [3.63, 3.8) is 0 Å². The van der Waals surface area contributed by atoms with E-state index in [0.29, 0.717) is 18.8 Å². The van der Waals surface area contributed by atoms with E-state index in [4.69, 9.17) is 4.74 Å². The molecule has 3 fully saturated rings. The van der Waals surface area contributed by atoms with Gasteiger partial charge < -0.3 is 14.5 Å². The van der Waals surface area contributed by atoms with E-state index in [0.717, 1.165) is 38.6 Å². The molecule has 0 radical (unpaired) electrons. The number of rotatable bonds is 2. The van der Waals surface area contributed by atoms with Crippen LogP contribution in [-0.2, 0) is 14.3 Å². The first-order chi connectivity index (χ1) is 12.1. The molecular weight excluding hydrogens is 323 g/mol. The fourth-order valence-corrected chi connectivity index (χ4v) is 3.85.